The van der Waals surface area contributed by atoms with Crippen LogP contribution in [0.4, 0.5) is 0 Å². The molecule has 1 unspecified atom stereocenters. The van der Waals surface area contributed by atoms with Crippen LogP contribution in [0.3, 0.4) is 0 Å². The summed E-state index contributed by atoms with van der Waals surface area (Å²) < 4.78 is 0. The molecule has 0 fully saturated rings. The van der Waals surface area contributed by atoms with E-state index < -0.39 is 5.97 Å². The van der Waals surface area contributed by atoms with Crippen molar-refractivity contribution in [2.75, 3.05) is 0 Å². The second-order valence-electron chi connectivity index (χ2n) is 4.59. The Morgan fingerprint density at radius 1 is 1.36 bits per heavy atom. The lowest BCUT2D eigenvalue weighted by Crippen LogP contribution is -2.30. The maximum Gasteiger partial charge on any atom is 0.355 e. The summed E-state index contributed by atoms with van der Waals surface area (Å²) in [4.78, 5) is 26.7. The summed E-state index contributed by atoms with van der Waals surface area (Å²) in [5.41, 5.74) is 1.19. The number of hydrogen-bond acceptors (Lipinski definition) is 5. The van der Waals surface area contributed by atoms with E-state index in [0.717, 1.165) is 5.75 Å². The van der Waals surface area contributed by atoms with Gasteiger partial charge in [-0.25, -0.2) is 9.78 Å². The predicted octanol–water partition coefficient (Wildman–Crippen LogP) is 2.78. The van der Waals surface area contributed by atoms with Crippen LogP contribution in [0.25, 0.3) is 0 Å². The maximum atomic E-state index is 12.0. The Balaban J connectivity index is 1.77. The molecule has 2 N–H and O–H groups in total. The molecule has 2 aromatic rings. The van der Waals surface area contributed by atoms with Gasteiger partial charge in [-0.05, 0) is 12.5 Å². The van der Waals surface area contributed by atoms with Crippen molar-refractivity contribution in [3.63, 3.8) is 0 Å². The highest BCUT2D eigenvalue weighted by molar-refractivity contribution is 7.99. The van der Waals surface area contributed by atoms with Crippen LogP contribution < -0.4 is 5.32 Å². The van der Waals surface area contributed by atoms with E-state index in [-0.39, 0.29) is 23.4 Å². The number of amides is 1. The molecule has 1 aromatic carbocycles. The lowest BCUT2D eigenvalue weighted by atomic mass is 10.2. The van der Waals surface area contributed by atoms with Crippen molar-refractivity contribution in [1.29, 1.82) is 0 Å². The Morgan fingerprint density at radius 2 is 2.09 bits per heavy atom. The van der Waals surface area contributed by atoms with Crippen LogP contribution >= 0.6 is 23.1 Å². The van der Waals surface area contributed by atoms with Crippen molar-refractivity contribution >= 4 is 35.0 Å². The molecule has 0 aliphatic rings. The van der Waals surface area contributed by atoms with Gasteiger partial charge in [-0.15, -0.1) is 23.1 Å². The van der Waals surface area contributed by atoms with E-state index in [1.54, 1.807) is 11.8 Å². The van der Waals surface area contributed by atoms with Crippen LogP contribution in [0, 0.1) is 0 Å². The zero-order chi connectivity index (χ0) is 15.9. The molecule has 0 saturated heterocycles. The van der Waals surface area contributed by atoms with Gasteiger partial charge in [-0.3, -0.25) is 4.79 Å². The van der Waals surface area contributed by atoms with Gasteiger partial charge in [0.1, 0.15) is 5.01 Å². The number of nitrogens with zero attached hydrogens (tertiary/aromatic N) is 1. The number of carbonyl (C=O) groups is 2. The largest absolute Gasteiger partial charge is 0.476 e. The monoisotopic (exact) mass is 336 g/mol. The Bertz CT molecular complexity index is 643. The lowest BCUT2D eigenvalue weighted by molar-refractivity contribution is -0.120. The van der Waals surface area contributed by atoms with Crippen LogP contribution in [0.15, 0.2) is 35.7 Å². The average Bonchev–Trinajstić information content (AvgIpc) is 3.00. The third-order valence-corrected chi connectivity index (χ3v) is 4.96. The number of aromatic carboxylic acids is 1. The molecular formula is C15H16N2O3S2. The maximum absolute atomic E-state index is 12.0. The molecule has 22 heavy (non-hydrogen) atoms. The van der Waals surface area contributed by atoms with Crippen LogP contribution in [0.2, 0.25) is 0 Å². The number of carbonyl (C=O) groups excluding carboxylic acids is 1. The van der Waals surface area contributed by atoms with Gasteiger partial charge >= 0.3 is 5.97 Å². The first-order valence-corrected chi connectivity index (χ1v) is 8.60. The minimum absolute atomic E-state index is 0.0146. The van der Waals surface area contributed by atoms with Gasteiger partial charge in [0.2, 0.25) is 5.91 Å². The Hall–Kier alpha value is -1.86. The lowest BCUT2D eigenvalue weighted by Gasteiger charge is -2.11. The summed E-state index contributed by atoms with van der Waals surface area (Å²) in [5.74, 6) is -0.357. The molecule has 1 amide bonds. The molecule has 0 radical (unpaired) electrons. The third kappa shape index (κ3) is 4.85. The average molecular weight is 336 g/mol. The van der Waals surface area contributed by atoms with Gasteiger partial charge in [-0.1, -0.05) is 30.3 Å². The highest BCUT2D eigenvalue weighted by atomic mass is 32.2. The van der Waals surface area contributed by atoms with Gasteiger partial charge < -0.3 is 10.4 Å². The van der Waals surface area contributed by atoms with Gasteiger partial charge in [0, 0.05) is 11.1 Å². The summed E-state index contributed by atoms with van der Waals surface area (Å²) in [6, 6.07) is 9.97. The SMILES string of the molecule is CC(SCc1ccccc1)C(=O)NCc1nc(C(=O)O)cs1. The standard InChI is InChI=1S/C15H16N2O3S2/c1-10(21-8-11-5-3-2-4-6-11)14(18)16-7-13-17-12(9-22-13)15(19)20/h2-6,9-10H,7-8H2,1H3,(H,16,18)(H,19,20). The highest BCUT2D eigenvalue weighted by Gasteiger charge is 2.14. The molecule has 0 bridgehead atoms. The number of thioether (sulfide) groups is 1. The van der Waals surface area contributed by atoms with Crippen molar-refractivity contribution in [3.8, 4) is 0 Å². The van der Waals surface area contributed by atoms with Crippen molar-refractivity contribution in [3.05, 3.63) is 52.0 Å². The van der Waals surface area contributed by atoms with E-state index in [9.17, 15) is 9.59 Å². The van der Waals surface area contributed by atoms with E-state index in [0.29, 0.717) is 5.01 Å². The topological polar surface area (TPSA) is 79.3 Å². The van der Waals surface area contributed by atoms with E-state index in [2.05, 4.69) is 10.3 Å². The molecule has 5 nitrogen and oxygen atoms in total. The number of aromatic nitrogens is 1. The number of hydrogen-bond donors (Lipinski definition) is 2. The smallest absolute Gasteiger partial charge is 0.355 e. The molecule has 0 aliphatic carbocycles. The van der Waals surface area contributed by atoms with Gasteiger partial charge in [0.15, 0.2) is 5.69 Å². The number of nitrogens with one attached hydrogen (secondary N) is 1. The Morgan fingerprint density at radius 3 is 2.73 bits per heavy atom. The van der Waals surface area contributed by atoms with Crippen LogP contribution in [0.1, 0.15) is 28.0 Å². The Kier molecular flexibility index (Phi) is 5.97. The first kappa shape index (κ1) is 16.5. The van der Waals surface area contributed by atoms with Gasteiger partial charge in [0.25, 0.3) is 0 Å². The molecule has 2 rings (SSSR count). The predicted molar refractivity (Wildman–Crippen MR) is 88.1 cm³/mol. The molecular weight excluding hydrogens is 320 g/mol. The minimum atomic E-state index is -1.05. The fourth-order valence-corrected chi connectivity index (χ4v) is 3.25. The van der Waals surface area contributed by atoms with Gasteiger partial charge in [0.05, 0.1) is 11.8 Å². The van der Waals surface area contributed by atoms with Crippen LogP contribution in [-0.2, 0) is 17.1 Å². The normalized spacial score (nSPS) is 11.9. The van der Waals surface area contributed by atoms with E-state index in [1.807, 2.05) is 37.3 Å². The fraction of sp³-hybridized carbons (Fsp3) is 0.267. The van der Waals surface area contributed by atoms with Gasteiger partial charge in [-0.2, -0.15) is 0 Å². The van der Waals surface area contributed by atoms with Crippen molar-refractivity contribution in [2.45, 2.75) is 24.5 Å². The Labute approximate surface area is 136 Å². The number of carboxylic acid groups (broad SMARTS) is 1. The molecule has 1 heterocycles. The first-order valence-electron chi connectivity index (χ1n) is 6.67. The number of benzene rings is 1. The first-order chi connectivity index (χ1) is 10.6. The summed E-state index contributed by atoms with van der Waals surface area (Å²) in [7, 11) is 0. The molecule has 116 valence electrons. The van der Waals surface area contributed by atoms with Crippen LogP contribution in [-0.4, -0.2) is 27.2 Å². The number of rotatable bonds is 7. The second kappa shape index (κ2) is 7.95. The fourth-order valence-electron chi connectivity index (χ4n) is 1.67. The zero-order valence-corrected chi connectivity index (χ0v) is 13.6. The summed E-state index contributed by atoms with van der Waals surface area (Å²) in [6.07, 6.45) is 0. The molecule has 0 saturated carbocycles. The summed E-state index contributed by atoms with van der Waals surface area (Å²) in [6.45, 7) is 2.11. The number of carboxylic acids is 1. The van der Waals surface area contributed by atoms with Crippen molar-refractivity contribution in [2.24, 2.45) is 0 Å². The molecule has 7 heteroatoms. The zero-order valence-electron chi connectivity index (χ0n) is 12.0. The quantitative estimate of drug-likeness (QED) is 0.813. The highest BCUT2D eigenvalue weighted by Crippen LogP contribution is 2.18. The van der Waals surface area contributed by atoms with Crippen molar-refractivity contribution in [1.82, 2.24) is 10.3 Å². The second-order valence-corrected chi connectivity index (χ2v) is 6.86. The summed E-state index contributed by atoms with van der Waals surface area (Å²) >= 11 is 2.79. The van der Waals surface area contributed by atoms with E-state index >= 15 is 0 Å². The molecule has 0 aliphatic heterocycles. The van der Waals surface area contributed by atoms with E-state index in [4.69, 9.17) is 5.11 Å². The molecule has 1 aromatic heterocycles. The minimum Gasteiger partial charge on any atom is -0.476 e. The number of thiazole rings is 1. The molecule has 0 spiro atoms. The van der Waals surface area contributed by atoms with Crippen LogP contribution in [0.5, 0.6) is 0 Å². The van der Waals surface area contributed by atoms with E-state index in [1.165, 1.54) is 22.3 Å². The third-order valence-electron chi connectivity index (χ3n) is 2.90. The molecule has 1 atom stereocenters. The van der Waals surface area contributed by atoms with Crippen molar-refractivity contribution < 1.29 is 14.7 Å². The summed E-state index contributed by atoms with van der Waals surface area (Å²) in [5, 5.41) is 13.5.